The molecule has 4 nitrogen and oxygen atoms in total. The number of rotatable bonds is 7. The number of nitrogens with one attached hydrogen (secondary N) is 1. The summed E-state index contributed by atoms with van der Waals surface area (Å²) < 4.78 is 27.5. The van der Waals surface area contributed by atoms with Crippen molar-refractivity contribution in [2.24, 2.45) is 0 Å². The molecule has 0 aliphatic heterocycles. The van der Waals surface area contributed by atoms with Gasteiger partial charge in [0.25, 0.3) is 0 Å². The van der Waals surface area contributed by atoms with Crippen LogP contribution in [0.3, 0.4) is 0 Å². The van der Waals surface area contributed by atoms with Gasteiger partial charge in [0, 0.05) is 22.0 Å². The van der Waals surface area contributed by atoms with E-state index in [4.69, 9.17) is 11.6 Å². The van der Waals surface area contributed by atoms with Crippen molar-refractivity contribution in [2.45, 2.75) is 11.4 Å². The van der Waals surface area contributed by atoms with Crippen LogP contribution in [0, 0.1) is 0 Å². The summed E-state index contributed by atoms with van der Waals surface area (Å²) in [6, 6.07) is 12.2. The van der Waals surface area contributed by atoms with Gasteiger partial charge >= 0.3 is 0 Å². The van der Waals surface area contributed by atoms with Crippen LogP contribution < -0.4 is 4.72 Å². The zero-order valence-corrected chi connectivity index (χ0v) is 16.3. The highest BCUT2D eigenvalue weighted by molar-refractivity contribution is 7.88. The zero-order valence-electron chi connectivity index (χ0n) is 13.1. The first-order valence-electron chi connectivity index (χ1n) is 7.40. The lowest BCUT2D eigenvalue weighted by molar-refractivity contribution is 0.0903. The minimum Gasteiger partial charge on any atom is -0.378 e. The standard InChI is InChI=1S/C17H16ClNO3S3/c18-15-5-2-1-4-13(15)11-25(21,22)19-12-17(20,14-7-9-23-10-14)16-6-3-8-24-16/h1-10,19-20H,11-12H2/t17-/m1/s1. The Morgan fingerprint density at radius 1 is 1.12 bits per heavy atom. The molecule has 0 aliphatic carbocycles. The fourth-order valence-electron chi connectivity index (χ4n) is 2.43. The van der Waals surface area contributed by atoms with Crippen molar-refractivity contribution in [3.05, 3.63) is 79.6 Å². The summed E-state index contributed by atoms with van der Waals surface area (Å²) in [6.45, 7) is -0.142. The van der Waals surface area contributed by atoms with Crippen molar-refractivity contribution in [1.82, 2.24) is 4.72 Å². The predicted molar refractivity (Wildman–Crippen MR) is 104 cm³/mol. The molecule has 1 aromatic carbocycles. The second kappa shape index (κ2) is 7.57. The molecule has 0 spiro atoms. The van der Waals surface area contributed by atoms with E-state index in [0.717, 1.165) is 0 Å². The Labute approximate surface area is 159 Å². The van der Waals surface area contributed by atoms with Gasteiger partial charge in [-0.3, -0.25) is 0 Å². The Kier molecular flexibility index (Phi) is 5.62. The highest BCUT2D eigenvalue weighted by Crippen LogP contribution is 2.33. The number of aliphatic hydroxyl groups is 1. The maximum absolute atomic E-state index is 12.5. The van der Waals surface area contributed by atoms with Gasteiger partial charge in [0.15, 0.2) is 0 Å². The predicted octanol–water partition coefficient (Wildman–Crippen LogP) is 3.82. The summed E-state index contributed by atoms with van der Waals surface area (Å²) in [7, 11) is -3.66. The van der Waals surface area contributed by atoms with E-state index in [2.05, 4.69) is 4.72 Å². The van der Waals surface area contributed by atoms with E-state index in [0.29, 0.717) is 21.0 Å². The van der Waals surface area contributed by atoms with E-state index >= 15 is 0 Å². The Hall–Kier alpha value is -1.22. The Balaban J connectivity index is 1.81. The molecule has 0 bridgehead atoms. The van der Waals surface area contributed by atoms with Crippen LogP contribution in [0.25, 0.3) is 0 Å². The van der Waals surface area contributed by atoms with Gasteiger partial charge in [-0.15, -0.1) is 11.3 Å². The molecule has 2 heterocycles. The molecule has 0 unspecified atom stereocenters. The summed E-state index contributed by atoms with van der Waals surface area (Å²) in [4.78, 5) is 0.686. The molecule has 25 heavy (non-hydrogen) atoms. The summed E-state index contributed by atoms with van der Waals surface area (Å²) in [5, 5.41) is 17.1. The lowest BCUT2D eigenvalue weighted by atomic mass is 9.95. The average molecular weight is 414 g/mol. The third kappa shape index (κ3) is 4.31. The normalized spacial score (nSPS) is 14.3. The number of sulfonamides is 1. The Morgan fingerprint density at radius 2 is 1.92 bits per heavy atom. The second-order valence-corrected chi connectivity index (χ2v) is 9.46. The van der Waals surface area contributed by atoms with Crippen molar-refractivity contribution in [1.29, 1.82) is 0 Å². The molecule has 0 aliphatic rings. The summed E-state index contributed by atoms with van der Waals surface area (Å²) in [5.74, 6) is -0.239. The van der Waals surface area contributed by atoms with Crippen molar-refractivity contribution in [2.75, 3.05) is 6.54 Å². The molecular weight excluding hydrogens is 398 g/mol. The molecule has 0 fully saturated rings. The maximum atomic E-state index is 12.5. The number of benzene rings is 1. The van der Waals surface area contributed by atoms with Gasteiger partial charge in [-0.2, -0.15) is 11.3 Å². The van der Waals surface area contributed by atoms with Crippen LogP contribution in [-0.4, -0.2) is 20.1 Å². The minimum absolute atomic E-state index is 0.142. The van der Waals surface area contributed by atoms with Gasteiger partial charge in [-0.25, -0.2) is 13.1 Å². The summed E-state index contributed by atoms with van der Waals surface area (Å²) in [5.41, 5.74) is -0.214. The fraction of sp³-hybridized carbons (Fsp3) is 0.176. The van der Waals surface area contributed by atoms with Crippen LogP contribution in [0.1, 0.15) is 16.0 Å². The second-order valence-electron chi connectivity index (χ2n) is 5.52. The first-order chi connectivity index (χ1) is 11.9. The van der Waals surface area contributed by atoms with Gasteiger partial charge in [0.1, 0.15) is 5.60 Å². The van der Waals surface area contributed by atoms with Gasteiger partial charge in [-0.1, -0.05) is 35.9 Å². The number of halogens is 1. The van der Waals surface area contributed by atoms with Crippen LogP contribution in [0.4, 0.5) is 0 Å². The van der Waals surface area contributed by atoms with Crippen molar-refractivity contribution in [3.63, 3.8) is 0 Å². The van der Waals surface area contributed by atoms with E-state index in [1.165, 1.54) is 22.7 Å². The number of hydrogen-bond donors (Lipinski definition) is 2. The Morgan fingerprint density at radius 3 is 2.56 bits per heavy atom. The largest absolute Gasteiger partial charge is 0.378 e. The van der Waals surface area contributed by atoms with Crippen molar-refractivity contribution < 1.29 is 13.5 Å². The molecule has 3 rings (SSSR count). The molecule has 0 saturated carbocycles. The molecule has 0 amide bonds. The third-order valence-electron chi connectivity index (χ3n) is 3.78. The molecular formula is C17H16ClNO3S3. The lowest BCUT2D eigenvalue weighted by Gasteiger charge is -2.27. The number of thiophene rings is 2. The molecule has 2 aromatic heterocycles. The van der Waals surface area contributed by atoms with E-state index in [1.54, 1.807) is 36.4 Å². The van der Waals surface area contributed by atoms with Gasteiger partial charge in [0.05, 0.1) is 5.75 Å². The third-order valence-corrected chi connectivity index (χ3v) is 7.13. The highest BCUT2D eigenvalue weighted by Gasteiger charge is 2.34. The number of hydrogen-bond acceptors (Lipinski definition) is 5. The van der Waals surface area contributed by atoms with Crippen LogP contribution in [0.2, 0.25) is 5.02 Å². The zero-order chi connectivity index (χ0) is 17.9. The quantitative estimate of drug-likeness (QED) is 0.618. The van der Waals surface area contributed by atoms with Gasteiger partial charge < -0.3 is 5.11 Å². The van der Waals surface area contributed by atoms with Crippen LogP contribution in [-0.2, 0) is 21.4 Å². The smallest absolute Gasteiger partial charge is 0.215 e. The van der Waals surface area contributed by atoms with E-state index in [-0.39, 0.29) is 12.3 Å². The fourth-order valence-corrected chi connectivity index (χ4v) is 5.47. The van der Waals surface area contributed by atoms with Gasteiger partial charge in [0.2, 0.25) is 10.0 Å². The van der Waals surface area contributed by atoms with Crippen LogP contribution in [0.15, 0.2) is 58.6 Å². The first kappa shape index (κ1) is 18.6. The maximum Gasteiger partial charge on any atom is 0.215 e. The topological polar surface area (TPSA) is 66.4 Å². The first-order valence-corrected chi connectivity index (χ1v) is 11.3. The molecule has 132 valence electrons. The van der Waals surface area contributed by atoms with E-state index < -0.39 is 15.6 Å². The molecule has 2 N–H and O–H groups in total. The molecule has 0 radical (unpaired) electrons. The molecule has 0 saturated heterocycles. The van der Waals surface area contributed by atoms with Gasteiger partial charge in [-0.05, 0) is 39.9 Å². The van der Waals surface area contributed by atoms with Crippen molar-refractivity contribution >= 4 is 44.3 Å². The monoisotopic (exact) mass is 413 g/mol. The van der Waals surface area contributed by atoms with E-state index in [9.17, 15) is 13.5 Å². The van der Waals surface area contributed by atoms with Crippen LogP contribution in [0.5, 0.6) is 0 Å². The molecule has 1 atom stereocenters. The van der Waals surface area contributed by atoms with Crippen molar-refractivity contribution in [3.8, 4) is 0 Å². The Bertz CT molecular complexity index is 888. The summed E-state index contributed by atoms with van der Waals surface area (Å²) in [6.07, 6.45) is 0. The lowest BCUT2D eigenvalue weighted by Crippen LogP contribution is -2.41. The summed E-state index contributed by atoms with van der Waals surface area (Å²) >= 11 is 8.88. The molecule has 3 aromatic rings. The minimum atomic E-state index is -3.66. The molecule has 8 heteroatoms. The highest BCUT2D eigenvalue weighted by atomic mass is 35.5. The SMILES string of the molecule is O=S(=O)(Cc1ccccc1Cl)NC[C@@](O)(c1ccsc1)c1cccs1. The van der Waals surface area contributed by atoms with Crippen LogP contribution >= 0.6 is 34.3 Å². The average Bonchev–Trinajstić information content (AvgIpc) is 3.28. The van der Waals surface area contributed by atoms with E-state index in [1.807, 2.05) is 22.2 Å².